The second-order valence-corrected chi connectivity index (χ2v) is 20.8. The number of carbonyl (C=O) groups excluding carboxylic acids is 2. The van der Waals surface area contributed by atoms with E-state index in [-0.39, 0.29) is 43.9 Å². The van der Waals surface area contributed by atoms with Gasteiger partial charge in [-0.05, 0) is 100 Å². The summed E-state index contributed by atoms with van der Waals surface area (Å²) < 4.78 is 46.3. The highest BCUT2D eigenvalue weighted by Crippen LogP contribution is 2.41. The highest BCUT2D eigenvalue weighted by atomic mass is 16.7. The van der Waals surface area contributed by atoms with E-state index >= 15 is 0 Å². The zero-order valence-corrected chi connectivity index (χ0v) is 42.8. The molecule has 5 rings (SSSR count). The second-order valence-electron chi connectivity index (χ2n) is 20.8. The van der Waals surface area contributed by atoms with Gasteiger partial charge in [0.1, 0.15) is 35.2 Å². The number of hydrogen-bond acceptors (Lipinski definition) is 17. The Morgan fingerprint density at radius 2 is 1.66 bits per heavy atom. The molecule has 386 valence electrons. The number of nitrogens with one attached hydrogen (secondary N) is 1. The van der Waals surface area contributed by atoms with Crippen LogP contribution < -0.4 is 5.32 Å². The number of alkyl carbamates (subject to hydrolysis) is 1. The van der Waals surface area contributed by atoms with Crippen LogP contribution in [0.25, 0.3) is 0 Å². The molecule has 5 N–H and O–H groups in total. The minimum Gasteiger partial charge on any atom is -0.459 e. The van der Waals surface area contributed by atoms with Crippen LogP contribution in [-0.4, -0.2) is 182 Å². The molecule has 3 fully saturated rings. The quantitative estimate of drug-likeness (QED) is 0.192. The lowest BCUT2D eigenvalue weighted by atomic mass is 9.77. The van der Waals surface area contributed by atoms with Gasteiger partial charge >= 0.3 is 12.1 Å². The minimum atomic E-state index is -1.85. The SMILES string of the molecule is CC[C@@H]1OC(=O)[C@H](C)[C@H](O[C@H]2C[C@@](C)(OC)[C@@H](OC(=O)NCc3cn(Cc4ccccc4)nn3)[C@H](C)O2)[C@H](C)[C@@H](O[C@@H]2O[C@H](C)C[C@H](N(C)C)[C@H]2O)[C@](C)(O)C[C@@H](C)CN(C)[C@H](C)[C@H](O)[C@]1(C)O. The maximum Gasteiger partial charge on any atom is 0.407 e. The van der Waals surface area contributed by atoms with Crippen LogP contribution in [0.3, 0.4) is 0 Å². The lowest BCUT2D eigenvalue weighted by Gasteiger charge is -2.49. The Hall–Kier alpha value is -3.34. The molecule has 1 aromatic heterocycles. The van der Waals surface area contributed by atoms with Crippen molar-refractivity contribution < 1.29 is 63.2 Å². The van der Waals surface area contributed by atoms with E-state index in [9.17, 15) is 30.0 Å². The summed E-state index contributed by atoms with van der Waals surface area (Å²) in [5, 5.41) is 59.1. The van der Waals surface area contributed by atoms with Crippen LogP contribution in [0.4, 0.5) is 4.79 Å². The smallest absolute Gasteiger partial charge is 0.407 e. The van der Waals surface area contributed by atoms with Gasteiger partial charge in [-0.25, -0.2) is 9.48 Å². The van der Waals surface area contributed by atoms with Crippen LogP contribution >= 0.6 is 0 Å². The molecule has 2 aromatic rings. The van der Waals surface area contributed by atoms with Crippen molar-refractivity contribution in [1.82, 2.24) is 30.1 Å². The van der Waals surface area contributed by atoms with Crippen molar-refractivity contribution in [3.8, 4) is 0 Å². The molecule has 0 unspecified atom stereocenters. The number of nitrogens with zero attached hydrogens (tertiary/aromatic N) is 5. The Kier molecular flexibility index (Phi) is 19.0. The molecule has 3 aliphatic rings. The molecule has 0 radical (unpaired) electrons. The maximum absolute atomic E-state index is 14.5. The van der Waals surface area contributed by atoms with E-state index < -0.39 is 102 Å². The zero-order valence-electron chi connectivity index (χ0n) is 42.8. The summed E-state index contributed by atoms with van der Waals surface area (Å²) in [6, 6.07) is 8.93. The van der Waals surface area contributed by atoms with E-state index in [2.05, 4.69) is 15.6 Å². The molecule has 3 saturated heterocycles. The molecular weight excluding hydrogens is 881 g/mol. The average Bonchev–Trinajstić information content (AvgIpc) is 3.73. The minimum absolute atomic E-state index is 0.0404. The predicted octanol–water partition coefficient (Wildman–Crippen LogP) is 3.47. The maximum atomic E-state index is 14.5. The van der Waals surface area contributed by atoms with E-state index in [1.54, 1.807) is 52.4 Å². The average molecular weight is 963 g/mol. The van der Waals surface area contributed by atoms with Gasteiger partial charge in [0, 0.05) is 38.1 Å². The van der Waals surface area contributed by atoms with E-state index in [0.717, 1.165) is 5.56 Å². The van der Waals surface area contributed by atoms with Crippen molar-refractivity contribution in [1.29, 1.82) is 0 Å². The summed E-state index contributed by atoms with van der Waals surface area (Å²) in [6.45, 7) is 18.6. The number of cyclic esters (lactones) is 1. The standard InChI is InChI=1S/C49H82N6O13/c1-15-37-49(10,61)41(57)32(6)54(13)25-28(2)22-47(8,60)42(67-45-39(56)36(53(11)12)21-29(3)63-45)30(4)40(31(5)44(58)65-37)66-38-23-48(9,62-14)43(33(7)64-38)68-46(59)50-24-35-27-55(52-51-35)26-34-19-17-16-18-20-34/h16-20,27-33,36-43,45,56-57,60-61H,15,21-26H2,1-14H3,(H,50,59)/t28-,29-,30+,31-,32-,33+,36+,37+,38+,39-,40-,41+,42-,43+,45+,47-,48-,49-/m1/s1. The highest BCUT2D eigenvalue weighted by molar-refractivity contribution is 5.73. The number of aromatic nitrogens is 3. The fourth-order valence-electron chi connectivity index (χ4n) is 10.5. The Balaban J connectivity index is 1.44. The molecule has 0 aliphatic carbocycles. The summed E-state index contributed by atoms with van der Waals surface area (Å²) in [5.41, 5.74) is -3.04. The molecular formula is C49H82N6O13. The normalized spacial score (nSPS) is 40.5. The van der Waals surface area contributed by atoms with Gasteiger partial charge in [0.25, 0.3) is 0 Å². The molecule has 1 aromatic carbocycles. The molecule has 0 saturated carbocycles. The third kappa shape index (κ3) is 13.3. The Labute approximate surface area is 403 Å². The predicted molar refractivity (Wildman–Crippen MR) is 251 cm³/mol. The van der Waals surface area contributed by atoms with Gasteiger partial charge in [0.15, 0.2) is 18.7 Å². The van der Waals surface area contributed by atoms with Gasteiger partial charge in [-0.15, -0.1) is 5.10 Å². The summed E-state index contributed by atoms with van der Waals surface area (Å²) in [5.74, 6) is -2.82. The fraction of sp³-hybridized carbons (Fsp3) is 0.796. The van der Waals surface area contributed by atoms with E-state index in [0.29, 0.717) is 25.2 Å². The zero-order chi connectivity index (χ0) is 50.5. The molecule has 18 atom stereocenters. The van der Waals surface area contributed by atoms with Crippen molar-refractivity contribution in [3.63, 3.8) is 0 Å². The summed E-state index contributed by atoms with van der Waals surface area (Å²) in [4.78, 5) is 31.7. The van der Waals surface area contributed by atoms with E-state index in [4.69, 9.17) is 33.2 Å². The number of esters is 1. The first-order valence-electron chi connectivity index (χ1n) is 24.2. The molecule has 19 nitrogen and oxygen atoms in total. The first-order valence-corrected chi connectivity index (χ1v) is 24.2. The lowest BCUT2D eigenvalue weighted by molar-refractivity contribution is -0.317. The number of likely N-dealkylation sites (N-methyl/N-ethyl adjacent to an activating group) is 2. The fourth-order valence-corrected chi connectivity index (χ4v) is 10.5. The van der Waals surface area contributed by atoms with Crippen molar-refractivity contribution in [2.45, 2.75) is 198 Å². The topological polar surface area (TPSA) is 229 Å². The number of benzene rings is 1. The largest absolute Gasteiger partial charge is 0.459 e. The Morgan fingerprint density at radius 1 is 0.985 bits per heavy atom. The molecule has 0 spiro atoms. The van der Waals surface area contributed by atoms with Crippen molar-refractivity contribution in [3.05, 3.63) is 47.8 Å². The summed E-state index contributed by atoms with van der Waals surface area (Å²) >= 11 is 0. The van der Waals surface area contributed by atoms with Crippen molar-refractivity contribution in [2.75, 3.05) is 34.8 Å². The van der Waals surface area contributed by atoms with E-state index in [1.807, 2.05) is 82.0 Å². The summed E-state index contributed by atoms with van der Waals surface area (Å²) in [7, 11) is 7.09. The second kappa shape index (κ2) is 23.3. The molecule has 19 heteroatoms. The van der Waals surface area contributed by atoms with Gasteiger partial charge in [-0.1, -0.05) is 56.3 Å². The van der Waals surface area contributed by atoms with Crippen LogP contribution in [0.1, 0.15) is 106 Å². The van der Waals surface area contributed by atoms with Crippen LogP contribution in [0, 0.1) is 17.8 Å². The Bertz CT molecular complexity index is 1910. The molecule has 3 aliphatic heterocycles. The van der Waals surface area contributed by atoms with Gasteiger partial charge in [0.2, 0.25) is 0 Å². The van der Waals surface area contributed by atoms with Crippen LogP contribution in [0.15, 0.2) is 36.5 Å². The van der Waals surface area contributed by atoms with Gasteiger partial charge < -0.3 is 68.7 Å². The number of rotatable bonds is 12. The molecule has 0 bridgehead atoms. The van der Waals surface area contributed by atoms with Gasteiger partial charge in [-0.2, -0.15) is 0 Å². The number of carbonyl (C=O) groups is 2. The highest BCUT2D eigenvalue weighted by Gasteiger charge is 2.54. The van der Waals surface area contributed by atoms with Crippen molar-refractivity contribution >= 4 is 12.1 Å². The molecule has 68 heavy (non-hydrogen) atoms. The lowest BCUT2D eigenvalue weighted by Crippen LogP contribution is -2.61. The number of aliphatic hydroxyl groups is 4. The number of hydrogen-bond donors (Lipinski definition) is 5. The molecule has 1 amide bonds. The monoisotopic (exact) mass is 963 g/mol. The van der Waals surface area contributed by atoms with Gasteiger partial charge in [0.05, 0.1) is 55.2 Å². The van der Waals surface area contributed by atoms with Crippen LogP contribution in [0.2, 0.25) is 0 Å². The van der Waals surface area contributed by atoms with Crippen LogP contribution in [0.5, 0.6) is 0 Å². The number of methoxy groups -OCH3 is 1. The summed E-state index contributed by atoms with van der Waals surface area (Å²) in [6.07, 6.45) is -7.95. The number of amides is 1. The number of aliphatic hydroxyl groups excluding tert-OH is 2. The van der Waals surface area contributed by atoms with Crippen molar-refractivity contribution in [2.24, 2.45) is 17.8 Å². The third-order valence-electron chi connectivity index (χ3n) is 14.6. The Morgan fingerprint density at radius 3 is 2.29 bits per heavy atom. The van der Waals surface area contributed by atoms with E-state index in [1.165, 1.54) is 14.0 Å². The number of ether oxygens (including phenoxy) is 7. The van der Waals surface area contributed by atoms with Gasteiger partial charge in [-0.3, -0.25) is 4.79 Å². The third-order valence-corrected chi connectivity index (χ3v) is 14.6. The van der Waals surface area contributed by atoms with Crippen LogP contribution in [-0.2, 0) is 51.0 Å². The first kappa shape index (κ1) is 55.6. The first-order chi connectivity index (χ1) is 31.8. The molecule has 4 heterocycles.